The standard InChI is InChI=1S/C17H23N3O3/c1-12-18-11-13-4-10-23-17(15(13)19-12)5-7-20(8-6-17)16(21)14-3-2-9-22-14/h11,14H,2-10H2,1H3. The minimum atomic E-state index is -0.339. The van der Waals surface area contributed by atoms with E-state index in [1.54, 1.807) is 0 Å². The number of hydrogen-bond donors (Lipinski definition) is 0. The van der Waals surface area contributed by atoms with Crippen LogP contribution in [0.5, 0.6) is 0 Å². The summed E-state index contributed by atoms with van der Waals surface area (Å²) in [6.45, 7) is 4.75. The Bertz CT molecular complexity index is 605. The Balaban J connectivity index is 1.51. The summed E-state index contributed by atoms with van der Waals surface area (Å²) in [5, 5.41) is 0. The van der Waals surface area contributed by atoms with Gasteiger partial charge in [0, 0.05) is 25.9 Å². The van der Waals surface area contributed by atoms with Crippen LogP contribution in [0.3, 0.4) is 0 Å². The predicted octanol–water partition coefficient (Wildman–Crippen LogP) is 1.35. The second kappa shape index (κ2) is 5.83. The minimum absolute atomic E-state index is 0.146. The molecular formula is C17H23N3O3. The summed E-state index contributed by atoms with van der Waals surface area (Å²) in [5.74, 6) is 0.929. The average molecular weight is 317 g/mol. The summed E-state index contributed by atoms with van der Waals surface area (Å²) in [7, 11) is 0. The van der Waals surface area contributed by atoms with Crippen LogP contribution in [-0.2, 0) is 26.3 Å². The van der Waals surface area contributed by atoms with Gasteiger partial charge in [0.2, 0.25) is 0 Å². The Kier molecular flexibility index (Phi) is 3.81. The van der Waals surface area contributed by atoms with E-state index >= 15 is 0 Å². The third-order valence-electron chi connectivity index (χ3n) is 5.25. The molecule has 0 saturated carbocycles. The number of amides is 1. The summed E-state index contributed by atoms with van der Waals surface area (Å²) in [5.41, 5.74) is 1.90. The summed E-state index contributed by atoms with van der Waals surface area (Å²) < 4.78 is 11.7. The van der Waals surface area contributed by atoms with Crippen molar-refractivity contribution in [2.24, 2.45) is 0 Å². The molecular weight excluding hydrogens is 294 g/mol. The Morgan fingerprint density at radius 1 is 1.35 bits per heavy atom. The first-order valence-electron chi connectivity index (χ1n) is 8.55. The van der Waals surface area contributed by atoms with Crippen molar-refractivity contribution < 1.29 is 14.3 Å². The Hall–Kier alpha value is -1.53. The molecule has 0 bridgehead atoms. The van der Waals surface area contributed by atoms with Gasteiger partial charge in [-0.05, 0) is 44.6 Å². The Labute approximate surface area is 136 Å². The van der Waals surface area contributed by atoms with Crippen LogP contribution in [0.1, 0.15) is 42.8 Å². The van der Waals surface area contributed by atoms with E-state index in [0.29, 0.717) is 26.3 Å². The maximum absolute atomic E-state index is 12.5. The predicted molar refractivity (Wildman–Crippen MR) is 82.9 cm³/mol. The van der Waals surface area contributed by atoms with Gasteiger partial charge in [-0.25, -0.2) is 9.97 Å². The number of aryl methyl sites for hydroxylation is 1. The van der Waals surface area contributed by atoms with Gasteiger partial charge in [-0.1, -0.05) is 0 Å². The monoisotopic (exact) mass is 317 g/mol. The molecule has 1 atom stereocenters. The first kappa shape index (κ1) is 15.0. The molecule has 3 aliphatic rings. The van der Waals surface area contributed by atoms with Gasteiger partial charge in [0.15, 0.2) is 0 Å². The molecule has 3 aliphatic heterocycles. The van der Waals surface area contributed by atoms with Crippen molar-refractivity contribution in [3.05, 3.63) is 23.3 Å². The molecule has 0 radical (unpaired) electrons. The molecule has 1 aromatic heterocycles. The second-order valence-electron chi connectivity index (χ2n) is 6.71. The van der Waals surface area contributed by atoms with Gasteiger partial charge in [-0.15, -0.1) is 0 Å². The van der Waals surface area contributed by atoms with Crippen molar-refractivity contribution in [3.8, 4) is 0 Å². The number of likely N-dealkylation sites (tertiary alicyclic amines) is 1. The van der Waals surface area contributed by atoms with E-state index in [-0.39, 0.29) is 17.6 Å². The molecule has 1 spiro atoms. The molecule has 4 rings (SSSR count). The van der Waals surface area contributed by atoms with Crippen molar-refractivity contribution >= 4 is 5.91 Å². The van der Waals surface area contributed by atoms with E-state index in [1.807, 2.05) is 18.0 Å². The molecule has 1 aromatic rings. The fraction of sp³-hybridized carbons (Fsp3) is 0.706. The van der Waals surface area contributed by atoms with Crippen LogP contribution >= 0.6 is 0 Å². The van der Waals surface area contributed by atoms with Crippen molar-refractivity contribution in [2.75, 3.05) is 26.3 Å². The summed E-state index contributed by atoms with van der Waals surface area (Å²) in [6.07, 6.45) is 6.02. The Morgan fingerprint density at radius 3 is 2.91 bits per heavy atom. The quantitative estimate of drug-likeness (QED) is 0.782. The number of fused-ring (bicyclic) bond motifs is 2. The van der Waals surface area contributed by atoms with E-state index in [1.165, 1.54) is 5.56 Å². The number of rotatable bonds is 1. The van der Waals surface area contributed by atoms with Crippen LogP contribution in [0.15, 0.2) is 6.20 Å². The lowest BCUT2D eigenvalue weighted by molar-refractivity contribution is -0.150. The first-order valence-corrected chi connectivity index (χ1v) is 8.55. The van der Waals surface area contributed by atoms with Gasteiger partial charge in [0.25, 0.3) is 5.91 Å². The molecule has 6 nitrogen and oxygen atoms in total. The third kappa shape index (κ3) is 2.64. The van der Waals surface area contributed by atoms with E-state index in [4.69, 9.17) is 9.47 Å². The van der Waals surface area contributed by atoms with Crippen molar-refractivity contribution in [1.82, 2.24) is 14.9 Å². The smallest absolute Gasteiger partial charge is 0.251 e. The fourth-order valence-corrected chi connectivity index (χ4v) is 3.94. The van der Waals surface area contributed by atoms with Gasteiger partial charge in [-0.3, -0.25) is 4.79 Å². The number of hydrogen-bond acceptors (Lipinski definition) is 5. The highest BCUT2D eigenvalue weighted by Crippen LogP contribution is 2.40. The molecule has 124 valence electrons. The average Bonchev–Trinajstić information content (AvgIpc) is 3.10. The van der Waals surface area contributed by atoms with E-state index < -0.39 is 0 Å². The van der Waals surface area contributed by atoms with Crippen molar-refractivity contribution in [2.45, 2.75) is 50.7 Å². The Morgan fingerprint density at radius 2 is 2.17 bits per heavy atom. The van der Waals surface area contributed by atoms with Gasteiger partial charge in [-0.2, -0.15) is 0 Å². The van der Waals surface area contributed by atoms with Gasteiger partial charge >= 0.3 is 0 Å². The van der Waals surface area contributed by atoms with Gasteiger partial charge < -0.3 is 14.4 Å². The molecule has 23 heavy (non-hydrogen) atoms. The lowest BCUT2D eigenvalue weighted by Crippen LogP contribution is -2.51. The third-order valence-corrected chi connectivity index (χ3v) is 5.25. The first-order chi connectivity index (χ1) is 11.2. The molecule has 1 unspecified atom stereocenters. The summed E-state index contributed by atoms with van der Waals surface area (Å²) in [4.78, 5) is 23.4. The minimum Gasteiger partial charge on any atom is -0.368 e. The number of aromatic nitrogens is 2. The highest BCUT2D eigenvalue weighted by Gasteiger charge is 2.44. The van der Waals surface area contributed by atoms with Crippen molar-refractivity contribution in [1.29, 1.82) is 0 Å². The van der Waals surface area contributed by atoms with E-state index in [2.05, 4.69) is 9.97 Å². The number of ether oxygens (including phenoxy) is 2. The molecule has 2 saturated heterocycles. The number of carbonyl (C=O) groups excluding carboxylic acids is 1. The zero-order chi connectivity index (χ0) is 15.9. The molecule has 0 aliphatic carbocycles. The van der Waals surface area contributed by atoms with Crippen LogP contribution in [0.2, 0.25) is 0 Å². The lowest BCUT2D eigenvalue weighted by Gasteiger charge is -2.44. The fourth-order valence-electron chi connectivity index (χ4n) is 3.94. The number of piperidine rings is 1. The van der Waals surface area contributed by atoms with Crippen LogP contribution < -0.4 is 0 Å². The molecule has 0 N–H and O–H groups in total. The molecule has 2 fully saturated rings. The SMILES string of the molecule is Cc1ncc2c(n1)C1(CCN(C(=O)C3CCCO3)CC1)OCC2. The summed E-state index contributed by atoms with van der Waals surface area (Å²) in [6, 6.07) is 0. The number of carbonyl (C=O) groups is 1. The molecule has 1 amide bonds. The van der Waals surface area contributed by atoms with Crippen molar-refractivity contribution in [3.63, 3.8) is 0 Å². The van der Waals surface area contributed by atoms with Crippen LogP contribution in [0, 0.1) is 6.92 Å². The van der Waals surface area contributed by atoms with Gasteiger partial charge in [0.05, 0.1) is 12.3 Å². The summed E-state index contributed by atoms with van der Waals surface area (Å²) >= 11 is 0. The topological polar surface area (TPSA) is 64.6 Å². The largest absolute Gasteiger partial charge is 0.368 e. The maximum atomic E-state index is 12.5. The maximum Gasteiger partial charge on any atom is 0.251 e. The van der Waals surface area contributed by atoms with E-state index in [9.17, 15) is 4.79 Å². The zero-order valence-electron chi connectivity index (χ0n) is 13.6. The molecule has 6 heteroatoms. The highest BCUT2D eigenvalue weighted by atomic mass is 16.5. The molecule has 0 aromatic carbocycles. The van der Waals surface area contributed by atoms with Crippen LogP contribution in [0.25, 0.3) is 0 Å². The second-order valence-corrected chi connectivity index (χ2v) is 6.71. The normalized spacial score (nSPS) is 26.3. The zero-order valence-corrected chi connectivity index (χ0v) is 13.6. The number of nitrogens with zero attached hydrogens (tertiary/aromatic N) is 3. The van der Waals surface area contributed by atoms with Crippen LogP contribution in [0.4, 0.5) is 0 Å². The highest BCUT2D eigenvalue weighted by molar-refractivity contribution is 5.81. The molecule has 4 heterocycles. The van der Waals surface area contributed by atoms with E-state index in [0.717, 1.165) is 43.6 Å². The van der Waals surface area contributed by atoms with Gasteiger partial charge in [0.1, 0.15) is 17.5 Å². The lowest BCUT2D eigenvalue weighted by atomic mass is 9.83. The van der Waals surface area contributed by atoms with Crippen LogP contribution in [-0.4, -0.2) is 53.2 Å².